The smallest absolute Gasteiger partial charge is 0.108 e. The average Bonchev–Trinajstić information content (AvgIpc) is 2.84. The summed E-state index contributed by atoms with van der Waals surface area (Å²) in [4.78, 5) is 9.26. The highest BCUT2D eigenvalue weighted by Crippen LogP contribution is 2.31. The maximum Gasteiger partial charge on any atom is 0.108 e. The fourth-order valence-corrected chi connectivity index (χ4v) is 3.38. The van der Waals surface area contributed by atoms with Crippen LogP contribution in [0.2, 0.25) is 0 Å². The molecule has 0 radical (unpaired) electrons. The summed E-state index contributed by atoms with van der Waals surface area (Å²) in [5.41, 5.74) is 4.47. The summed E-state index contributed by atoms with van der Waals surface area (Å²) in [7, 11) is 0. The number of benzene rings is 1. The minimum atomic E-state index is 0.384. The number of fused-ring (bicyclic) bond motifs is 3. The van der Waals surface area contributed by atoms with Gasteiger partial charge in [-0.1, -0.05) is 11.6 Å². The van der Waals surface area contributed by atoms with Gasteiger partial charge in [-0.05, 0) is 38.8 Å². The zero-order valence-electron chi connectivity index (χ0n) is 12.5. The lowest BCUT2D eigenvalue weighted by Crippen LogP contribution is -2.22. The van der Waals surface area contributed by atoms with E-state index in [-0.39, 0.29) is 0 Å². The second-order valence-electron chi connectivity index (χ2n) is 5.91. The second-order valence-corrected chi connectivity index (χ2v) is 5.91. The maximum absolute atomic E-state index is 5.68. The first kappa shape index (κ1) is 12.8. The molecule has 21 heavy (non-hydrogen) atoms. The Balaban J connectivity index is 2.04. The summed E-state index contributed by atoms with van der Waals surface area (Å²) in [6, 6.07) is 6.80. The van der Waals surface area contributed by atoms with E-state index in [0.717, 1.165) is 42.9 Å². The average molecular weight is 281 g/mol. The molecule has 3 aromatic rings. The van der Waals surface area contributed by atoms with Crippen molar-refractivity contribution in [1.29, 1.82) is 0 Å². The van der Waals surface area contributed by atoms with Crippen molar-refractivity contribution in [2.45, 2.75) is 32.7 Å². The topological polar surface area (TPSA) is 39.9 Å². The van der Waals surface area contributed by atoms with E-state index in [2.05, 4.69) is 41.6 Å². The van der Waals surface area contributed by atoms with E-state index in [4.69, 9.17) is 9.72 Å². The largest absolute Gasteiger partial charge is 0.379 e. The van der Waals surface area contributed by atoms with Gasteiger partial charge in [0, 0.05) is 12.0 Å². The summed E-state index contributed by atoms with van der Waals surface area (Å²) in [6.45, 7) is 5.86. The van der Waals surface area contributed by atoms with Gasteiger partial charge in [-0.15, -0.1) is 0 Å². The third-order valence-corrected chi connectivity index (χ3v) is 4.35. The molecule has 0 bridgehead atoms. The van der Waals surface area contributed by atoms with Crippen molar-refractivity contribution in [3.63, 3.8) is 0 Å². The van der Waals surface area contributed by atoms with E-state index < -0.39 is 0 Å². The Morgan fingerprint density at radius 2 is 2.14 bits per heavy atom. The Morgan fingerprint density at radius 1 is 1.24 bits per heavy atom. The molecule has 108 valence electrons. The molecule has 0 N–H and O–H groups in total. The van der Waals surface area contributed by atoms with Gasteiger partial charge < -0.3 is 9.30 Å². The van der Waals surface area contributed by atoms with Crippen LogP contribution >= 0.6 is 0 Å². The lowest BCUT2D eigenvalue weighted by molar-refractivity contribution is 0.0599. The molecule has 3 heterocycles. The molecule has 1 saturated heterocycles. The number of pyridine rings is 1. The van der Waals surface area contributed by atoms with Crippen molar-refractivity contribution in [2.75, 3.05) is 13.2 Å². The molecule has 1 aliphatic rings. The van der Waals surface area contributed by atoms with Gasteiger partial charge in [0.25, 0.3) is 0 Å². The first-order chi connectivity index (χ1) is 10.2. The number of aryl methyl sites for hydroxylation is 2. The minimum Gasteiger partial charge on any atom is -0.379 e. The zero-order valence-corrected chi connectivity index (χ0v) is 12.5. The standard InChI is InChI=1S/C17H19N3O/c1-11-5-6-15-14(8-11)17-16(9-18-15)19-12(2)20(17)13-4-3-7-21-10-13/h5-6,8-9,13H,3-4,7,10H2,1-2H3. The van der Waals surface area contributed by atoms with E-state index in [1.165, 1.54) is 16.5 Å². The molecule has 4 heteroatoms. The van der Waals surface area contributed by atoms with Crippen LogP contribution in [0.1, 0.15) is 30.3 Å². The monoisotopic (exact) mass is 281 g/mol. The highest BCUT2D eigenvalue weighted by atomic mass is 16.5. The van der Waals surface area contributed by atoms with E-state index >= 15 is 0 Å². The van der Waals surface area contributed by atoms with Crippen LogP contribution < -0.4 is 0 Å². The number of ether oxygens (including phenoxy) is 1. The number of hydrogen-bond donors (Lipinski definition) is 0. The van der Waals surface area contributed by atoms with Gasteiger partial charge in [0.1, 0.15) is 11.3 Å². The molecule has 4 nitrogen and oxygen atoms in total. The van der Waals surface area contributed by atoms with E-state index in [1.807, 2.05) is 6.20 Å². The molecule has 4 rings (SSSR count). The molecule has 0 amide bonds. The van der Waals surface area contributed by atoms with Crippen LogP contribution in [0.3, 0.4) is 0 Å². The SMILES string of the molecule is Cc1ccc2ncc3nc(C)n(C4CCCOC4)c3c2c1. The summed E-state index contributed by atoms with van der Waals surface area (Å²) >= 11 is 0. The number of imidazole rings is 1. The van der Waals surface area contributed by atoms with E-state index in [9.17, 15) is 0 Å². The number of aromatic nitrogens is 3. The molecule has 0 saturated carbocycles. The summed E-state index contributed by atoms with van der Waals surface area (Å²) in [5, 5.41) is 1.19. The lowest BCUT2D eigenvalue weighted by atomic mass is 10.1. The highest BCUT2D eigenvalue weighted by Gasteiger charge is 2.21. The molecule has 0 spiro atoms. The Labute approximate surface area is 123 Å². The van der Waals surface area contributed by atoms with E-state index in [1.54, 1.807) is 0 Å². The number of nitrogens with zero attached hydrogens (tertiary/aromatic N) is 3. The molecule has 1 aromatic carbocycles. The Hall–Kier alpha value is -1.94. The van der Waals surface area contributed by atoms with Gasteiger partial charge in [-0.25, -0.2) is 4.98 Å². The molecular weight excluding hydrogens is 262 g/mol. The van der Waals surface area contributed by atoms with Crippen molar-refractivity contribution in [2.24, 2.45) is 0 Å². The molecular formula is C17H19N3O. The Kier molecular flexibility index (Phi) is 2.93. The maximum atomic E-state index is 5.68. The zero-order chi connectivity index (χ0) is 14.4. The molecule has 1 fully saturated rings. The van der Waals surface area contributed by atoms with Crippen LogP contribution in [0, 0.1) is 13.8 Å². The Bertz CT molecular complexity index is 816. The minimum absolute atomic E-state index is 0.384. The van der Waals surface area contributed by atoms with Gasteiger partial charge in [-0.3, -0.25) is 4.98 Å². The summed E-state index contributed by atoms with van der Waals surface area (Å²) in [5.74, 6) is 1.05. The number of rotatable bonds is 1. The normalized spacial score (nSPS) is 19.4. The van der Waals surface area contributed by atoms with Gasteiger partial charge in [0.15, 0.2) is 0 Å². The highest BCUT2D eigenvalue weighted by molar-refractivity contribution is 6.02. The van der Waals surface area contributed by atoms with Crippen LogP contribution in [0.25, 0.3) is 21.9 Å². The van der Waals surface area contributed by atoms with Crippen molar-refractivity contribution in [3.8, 4) is 0 Å². The van der Waals surface area contributed by atoms with Crippen LogP contribution in [-0.4, -0.2) is 27.7 Å². The third kappa shape index (κ3) is 2.02. The van der Waals surface area contributed by atoms with Crippen LogP contribution in [0.15, 0.2) is 24.4 Å². The van der Waals surface area contributed by atoms with Crippen molar-refractivity contribution >= 4 is 21.9 Å². The van der Waals surface area contributed by atoms with Crippen molar-refractivity contribution in [3.05, 3.63) is 35.8 Å². The molecule has 2 aromatic heterocycles. The molecule has 1 unspecified atom stereocenters. The summed E-state index contributed by atoms with van der Waals surface area (Å²) < 4.78 is 8.04. The first-order valence-corrected chi connectivity index (χ1v) is 7.55. The predicted octanol–water partition coefficient (Wildman–Crippen LogP) is 3.55. The van der Waals surface area contributed by atoms with Crippen molar-refractivity contribution in [1.82, 2.24) is 14.5 Å². The fraction of sp³-hybridized carbons (Fsp3) is 0.412. The number of hydrogen-bond acceptors (Lipinski definition) is 3. The van der Waals surface area contributed by atoms with Crippen LogP contribution in [0.4, 0.5) is 0 Å². The van der Waals surface area contributed by atoms with Gasteiger partial charge >= 0.3 is 0 Å². The Morgan fingerprint density at radius 3 is 2.95 bits per heavy atom. The quantitative estimate of drug-likeness (QED) is 0.685. The van der Waals surface area contributed by atoms with Crippen LogP contribution in [-0.2, 0) is 4.74 Å². The summed E-state index contributed by atoms with van der Waals surface area (Å²) in [6.07, 6.45) is 4.16. The van der Waals surface area contributed by atoms with Crippen molar-refractivity contribution < 1.29 is 4.74 Å². The predicted molar refractivity (Wildman–Crippen MR) is 83.6 cm³/mol. The molecule has 0 aliphatic carbocycles. The molecule has 1 atom stereocenters. The second kappa shape index (κ2) is 4.81. The third-order valence-electron chi connectivity index (χ3n) is 4.35. The lowest BCUT2D eigenvalue weighted by Gasteiger charge is -2.25. The van der Waals surface area contributed by atoms with Gasteiger partial charge in [0.2, 0.25) is 0 Å². The van der Waals surface area contributed by atoms with Gasteiger partial charge in [0.05, 0.1) is 29.9 Å². The van der Waals surface area contributed by atoms with Crippen LogP contribution in [0.5, 0.6) is 0 Å². The fourth-order valence-electron chi connectivity index (χ4n) is 3.38. The first-order valence-electron chi connectivity index (χ1n) is 7.55. The molecule has 1 aliphatic heterocycles. The van der Waals surface area contributed by atoms with E-state index in [0.29, 0.717) is 6.04 Å². The van der Waals surface area contributed by atoms with Gasteiger partial charge in [-0.2, -0.15) is 0 Å².